The van der Waals surface area contributed by atoms with Crippen LogP contribution in [-0.4, -0.2) is 0 Å². The zero-order valence-corrected chi connectivity index (χ0v) is 69.1. The van der Waals surface area contributed by atoms with E-state index in [1.807, 2.05) is 12.1 Å². The standard InChI is InChI=1S/C62H50N2O2.C24H22Br2.C20H16O/c1-36(2)46-35-54(64(50-24-12-8-18-38(50)4)52-26-16-22-44-41-20-10-14-28-56(41)66-61(44)52)47-34-48-57-39(31-32-62(48,5)6)33-53(45-30-29-42(46)58(47)59(45)57)63(49-23-11-7-17-37(49)3)51-25-15-21-43-40-19-9-13-27-55(40)65-60(43)51;1-12(2)16-11-20(26)17-10-18-21-13(7-8-24(18,3)4)9-19(25)15-6-5-14(16)22(17)23(15)21;1-14-6-2-3-7-16(14)12-15-10-11-18-17-8-4-5-9-19(17)21-20(18)13-15/h7-30,33-36H,31-32H2,1-6H3;5-6,9-12H,7-8H2,1-4H3;2-11,13H,12H2,1H3. The maximum atomic E-state index is 6.88. The Kier molecular flexibility index (Phi) is 16.9. The van der Waals surface area contributed by atoms with E-state index in [1.165, 1.54) is 158 Å². The van der Waals surface area contributed by atoms with E-state index < -0.39 is 0 Å². The van der Waals surface area contributed by atoms with Gasteiger partial charge in [0, 0.05) is 68.8 Å². The molecule has 0 saturated carbocycles. The summed E-state index contributed by atoms with van der Waals surface area (Å²) < 4.78 is 22.2. The van der Waals surface area contributed by atoms with Crippen LogP contribution in [0, 0.1) is 20.8 Å². The van der Waals surface area contributed by atoms with Crippen LogP contribution in [0.3, 0.4) is 0 Å². The van der Waals surface area contributed by atoms with Gasteiger partial charge in [0.25, 0.3) is 0 Å². The number of benzene rings is 17. The van der Waals surface area contributed by atoms with E-state index in [1.54, 1.807) is 0 Å². The van der Waals surface area contributed by atoms with Gasteiger partial charge in [-0.05, 0) is 270 Å². The fourth-order valence-electron chi connectivity index (χ4n) is 19.4. The second kappa shape index (κ2) is 27.0. The molecule has 2 aliphatic rings. The largest absolute Gasteiger partial charge is 0.456 e. The monoisotopic (exact) mass is 1590 g/mol. The maximum Gasteiger partial charge on any atom is 0.159 e. The molecule has 0 N–H and O–H groups in total. The fourth-order valence-corrected chi connectivity index (χ4v) is 20.5. The Morgan fingerprint density at radius 2 is 0.735 bits per heavy atom. The van der Waals surface area contributed by atoms with Gasteiger partial charge in [-0.1, -0.05) is 263 Å². The van der Waals surface area contributed by atoms with Gasteiger partial charge in [0.05, 0.1) is 22.7 Å². The molecule has 3 heterocycles. The van der Waals surface area contributed by atoms with E-state index in [0.29, 0.717) is 5.92 Å². The highest BCUT2D eigenvalue weighted by Gasteiger charge is 2.37. The number of halogens is 2. The van der Waals surface area contributed by atoms with Crippen molar-refractivity contribution < 1.29 is 13.3 Å². The first-order valence-electron chi connectivity index (χ1n) is 40.2. The maximum absolute atomic E-state index is 6.88. The molecule has 5 nitrogen and oxygen atoms in total. The van der Waals surface area contributed by atoms with E-state index in [2.05, 4.69) is 367 Å². The number of furan rings is 3. The van der Waals surface area contributed by atoms with Crippen molar-refractivity contribution in [3.8, 4) is 0 Å². The third-order valence-corrected chi connectivity index (χ3v) is 26.7. The lowest BCUT2D eigenvalue weighted by molar-refractivity contribution is 0.475. The van der Waals surface area contributed by atoms with Crippen LogP contribution in [0.15, 0.2) is 283 Å². The predicted octanol–water partition coefficient (Wildman–Crippen LogP) is 32.2. The molecular weight excluding hydrogens is 1510 g/mol. The zero-order valence-electron chi connectivity index (χ0n) is 65.9. The zero-order chi connectivity index (χ0) is 77.2. The van der Waals surface area contributed by atoms with Crippen molar-refractivity contribution in [3.63, 3.8) is 0 Å². The van der Waals surface area contributed by atoms with Gasteiger partial charge in [0.1, 0.15) is 22.3 Å². The smallest absolute Gasteiger partial charge is 0.159 e. The third-order valence-electron chi connectivity index (χ3n) is 25.4. The van der Waals surface area contributed by atoms with Crippen molar-refractivity contribution in [1.29, 1.82) is 0 Å². The number of rotatable bonds is 10. The molecule has 0 radical (unpaired) electrons. The van der Waals surface area contributed by atoms with Crippen LogP contribution in [0.4, 0.5) is 34.1 Å². The first-order valence-corrected chi connectivity index (χ1v) is 41.8. The Bertz CT molecular complexity index is 7260. The number of hydrogen-bond donors (Lipinski definition) is 0. The van der Waals surface area contributed by atoms with E-state index >= 15 is 0 Å². The first-order chi connectivity index (χ1) is 54.8. The molecule has 7 heteroatoms. The van der Waals surface area contributed by atoms with Gasteiger partial charge in [0.15, 0.2) is 11.2 Å². The van der Waals surface area contributed by atoms with Crippen LogP contribution in [0.25, 0.3) is 130 Å². The van der Waals surface area contributed by atoms with E-state index in [-0.39, 0.29) is 16.7 Å². The topological polar surface area (TPSA) is 45.9 Å². The molecule has 0 aliphatic heterocycles. The van der Waals surface area contributed by atoms with E-state index in [9.17, 15) is 0 Å². The van der Waals surface area contributed by atoms with Crippen molar-refractivity contribution in [2.45, 2.75) is 131 Å². The summed E-state index contributed by atoms with van der Waals surface area (Å²) in [6.45, 7) is 25.6. The Labute approximate surface area is 676 Å². The van der Waals surface area contributed by atoms with Gasteiger partial charge >= 0.3 is 0 Å². The molecular formula is C106H88Br2N2O3. The summed E-state index contributed by atoms with van der Waals surface area (Å²) in [7, 11) is 0. The lowest BCUT2D eigenvalue weighted by Gasteiger charge is -2.37. The van der Waals surface area contributed by atoms with Crippen LogP contribution < -0.4 is 9.80 Å². The summed E-state index contributed by atoms with van der Waals surface area (Å²) in [4.78, 5) is 5.00. The lowest BCUT2D eigenvalue weighted by Crippen LogP contribution is -2.24. The van der Waals surface area contributed by atoms with Crippen molar-refractivity contribution >= 4 is 196 Å². The Balaban J connectivity index is 0.000000142. The van der Waals surface area contributed by atoms with Gasteiger partial charge < -0.3 is 23.1 Å². The molecule has 0 spiro atoms. The Hall–Kier alpha value is -11.2. The summed E-state index contributed by atoms with van der Waals surface area (Å²) in [6, 6.07) is 95.2. The minimum Gasteiger partial charge on any atom is -0.456 e. The van der Waals surface area contributed by atoms with E-state index in [4.69, 9.17) is 13.3 Å². The summed E-state index contributed by atoms with van der Waals surface area (Å²) in [6.07, 6.45) is 5.34. The van der Waals surface area contributed by atoms with Crippen molar-refractivity contribution in [1.82, 2.24) is 0 Å². The second-order valence-electron chi connectivity index (χ2n) is 33.9. The van der Waals surface area contributed by atoms with E-state index in [0.717, 1.165) is 109 Å². The van der Waals surface area contributed by atoms with Crippen LogP contribution >= 0.6 is 31.9 Å². The van der Waals surface area contributed by atoms with Crippen molar-refractivity contribution in [2.75, 3.05) is 9.80 Å². The van der Waals surface area contributed by atoms with Crippen LogP contribution in [0.1, 0.15) is 141 Å². The number of anilines is 6. The van der Waals surface area contributed by atoms with Crippen LogP contribution in [0.5, 0.6) is 0 Å². The molecule has 0 saturated heterocycles. The van der Waals surface area contributed by atoms with Crippen LogP contribution in [-0.2, 0) is 30.1 Å². The number of para-hydroxylation sites is 7. The highest BCUT2D eigenvalue weighted by atomic mass is 79.9. The predicted molar refractivity (Wildman–Crippen MR) is 488 cm³/mol. The fraction of sp³-hybridized carbons (Fsp3) is 0.189. The normalized spacial score (nSPS) is 13.9. The van der Waals surface area contributed by atoms with Gasteiger partial charge in [-0.25, -0.2) is 0 Å². The number of nitrogens with zero attached hydrogens (tertiary/aromatic N) is 2. The van der Waals surface area contributed by atoms with Crippen LogP contribution in [0.2, 0.25) is 0 Å². The Morgan fingerprint density at radius 3 is 1.30 bits per heavy atom. The van der Waals surface area contributed by atoms with Gasteiger partial charge in [0.2, 0.25) is 0 Å². The molecule has 2 aliphatic carbocycles. The molecule has 20 aromatic rings. The SMILES string of the molecule is CC(C)c1cc(Br)c2cc3c4c(cc(Br)c5ccc1c2c54)CCC3(C)C.Cc1ccccc1Cc1ccc2c(c1)oc1ccccc12.Cc1ccccc1N(c1cc(C(C)C)c2ccc3c(N(c4ccccc4C)c4cccc5c4oc4ccccc45)cc4c5c(cc1c2c35)C(C)(C)CC4)c1cccc2c1oc1ccccc12. The summed E-state index contributed by atoms with van der Waals surface area (Å²) in [5.74, 6) is 0.758. The molecule has 17 aromatic carbocycles. The third kappa shape index (κ3) is 11.4. The average Bonchev–Trinajstić information content (AvgIpc) is 0.957. The van der Waals surface area contributed by atoms with Gasteiger partial charge in [-0.15, -0.1) is 0 Å². The highest BCUT2D eigenvalue weighted by molar-refractivity contribution is 9.11. The Morgan fingerprint density at radius 1 is 0.319 bits per heavy atom. The average molecular weight is 1600 g/mol. The molecule has 22 rings (SSSR count). The quantitative estimate of drug-likeness (QED) is 0.128. The summed E-state index contributed by atoms with van der Waals surface area (Å²) in [5.41, 5.74) is 27.3. The second-order valence-corrected chi connectivity index (χ2v) is 35.6. The molecule has 3 aromatic heterocycles. The minimum absolute atomic E-state index is 0.0584. The molecule has 0 bridgehead atoms. The van der Waals surface area contributed by atoms with Crippen molar-refractivity contribution in [2.24, 2.45) is 0 Å². The first kappa shape index (κ1) is 70.9. The lowest BCUT2D eigenvalue weighted by atomic mass is 9.70. The van der Waals surface area contributed by atoms with Gasteiger partial charge in [-0.3, -0.25) is 0 Å². The molecule has 0 amide bonds. The molecule has 113 heavy (non-hydrogen) atoms. The summed E-state index contributed by atoms with van der Waals surface area (Å²) >= 11 is 7.77. The molecule has 0 unspecified atom stereocenters. The molecule has 554 valence electrons. The minimum atomic E-state index is -0.0584. The number of hydrogen-bond acceptors (Lipinski definition) is 5. The molecule has 0 fully saturated rings. The number of fused-ring (bicyclic) bond motifs is 9. The van der Waals surface area contributed by atoms with Crippen molar-refractivity contribution in [3.05, 3.63) is 331 Å². The molecule has 0 atom stereocenters. The number of aryl methyl sites for hydroxylation is 5. The van der Waals surface area contributed by atoms with Gasteiger partial charge in [-0.2, -0.15) is 0 Å². The highest BCUT2D eigenvalue weighted by Crippen LogP contribution is 2.58. The summed E-state index contributed by atoms with van der Waals surface area (Å²) in [5, 5.41) is 23.2.